The van der Waals surface area contributed by atoms with Gasteiger partial charge < -0.3 is 5.11 Å². The average Bonchev–Trinajstić information content (AvgIpc) is 2.48. The number of aryl methyl sites for hydroxylation is 1. The molecule has 0 bridgehead atoms. The molecule has 1 aromatic carbocycles. The molecule has 0 aliphatic heterocycles. The first kappa shape index (κ1) is 7.72. The second-order valence-corrected chi connectivity index (χ2v) is 2.69. The van der Waals surface area contributed by atoms with E-state index >= 15 is 0 Å². The minimum absolute atomic E-state index is 0.227. The summed E-state index contributed by atoms with van der Waals surface area (Å²) in [5.41, 5.74) is 1.38. The molecule has 0 saturated heterocycles. The number of fused-ring (bicyclic) bond motifs is 1. The normalized spacial score (nSPS) is 10.5. The smallest absolute Gasteiger partial charge is 0.337 e. The van der Waals surface area contributed by atoms with Crippen LogP contribution in [-0.2, 0) is 7.05 Å². The largest absolute Gasteiger partial charge is 0.478 e. The first-order valence-corrected chi connectivity index (χ1v) is 3.72. The fraction of sp³-hybridized carbons (Fsp3) is 0.125. The van der Waals surface area contributed by atoms with E-state index in [1.165, 1.54) is 10.7 Å². The van der Waals surface area contributed by atoms with Crippen LogP contribution in [0.5, 0.6) is 0 Å². The summed E-state index contributed by atoms with van der Waals surface area (Å²) in [5.74, 6) is -0.962. The van der Waals surface area contributed by atoms with E-state index in [0.29, 0.717) is 11.0 Å². The highest BCUT2D eigenvalue weighted by Gasteiger charge is 2.11. The topological polar surface area (TPSA) is 68.0 Å². The fourth-order valence-corrected chi connectivity index (χ4v) is 1.28. The molecule has 0 unspecified atom stereocenters. The molecule has 0 aliphatic rings. The molecule has 0 atom stereocenters. The molecule has 66 valence electrons. The molecule has 1 aromatic heterocycles. The maximum atomic E-state index is 10.8. The van der Waals surface area contributed by atoms with Gasteiger partial charge in [0.2, 0.25) is 0 Å². The number of hydrogen-bond acceptors (Lipinski definition) is 3. The Balaban J connectivity index is 2.88. The van der Waals surface area contributed by atoms with Gasteiger partial charge in [-0.3, -0.25) is 0 Å². The van der Waals surface area contributed by atoms with Crippen LogP contribution < -0.4 is 0 Å². The van der Waals surface area contributed by atoms with Crippen LogP contribution >= 0.6 is 0 Å². The van der Waals surface area contributed by atoms with E-state index in [2.05, 4.69) is 10.3 Å². The summed E-state index contributed by atoms with van der Waals surface area (Å²) in [5, 5.41) is 16.4. The predicted molar refractivity (Wildman–Crippen MR) is 45.5 cm³/mol. The summed E-state index contributed by atoms with van der Waals surface area (Å²) >= 11 is 0. The minimum Gasteiger partial charge on any atom is -0.478 e. The van der Waals surface area contributed by atoms with Gasteiger partial charge in [0.1, 0.15) is 11.0 Å². The first-order valence-electron chi connectivity index (χ1n) is 3.72. The Bertz CT molecular complexity index is 475. The Morgan fingerprint density at radius 1 is 1.54 bits per heavy atom. The van der Waals surface area contributed by atoms with E-state index in [4.69, 9.17) is 5.11 Å². The van der Waals surface area contributed by atoms with Crippen molar-refractivity contribution < 1.29 is 9.90 Å². The number of nitrogens with zero attached hydrogens (tertiary/aromatic N) is 3. The van der Waals surface area contributed by atoms with E-state index in [0.717, 1.165) is 0 Å². The number of aromatic carboxylic acids is 1. The second kappa shape index (κ2) is 2.55. The quantitative estimate of drug-likeness (QED) is 0.695. The molecule has 5 heteroatoms. The fourth-order valence-electron chi connectivity index (χ4n) is 1.28. The lowest BCUT2D eigenvalue weighted by molar-refractivity contribution is 0.0698. The van der Waals surface area contributed by atoms with Gasteiger partial charge in [0, 0.05) is 7.05 Å². The van der Waals surface area contributed by atoms with Gasteiger partial charge in [0.25, 0.3) is 0 Å². The molecule has 0 radical (unpaired) electrons. The van der Waals surface area contributed by atoms with Crippen molar-refractivity contribution in [1.29, 1.82) is 0 Å². The Hall–Kier alpha value is -1.91. The summed E-state index contributed by atoms with van der Waals surface area (Å²) in [6, 6.07) is 4.92. The van der Waals surface area contributed by atoms with Gasteiger partial charge in [-0.05, 0) is 12.1 Å². The van der Waals surface area contributed by atoms with E-state index in [1.54, 1.807) is 19.2 Å². The summed E-state index contributed by atoms with van der Waals surface area (Å²) in [6.07, 6.45) is 0. The van der Waals surface area contributed by atoms with Crippen LogP contribution in [0.3, 0.4) is 0 Å². The zero-order valence-corrected chi connectivity index (χ0v) is 6.93. The van der Waals surface area contributed by atoms with Crippen molar-refractivity contribution in [3.63, 3.8) is 0 Å². The Morgan fingerprint density at radius 2 is 2.31 bits per heavy atom. The van der Waals surface area contributed by atoms with Crippen molar-refractivity contribution in [2.75, 3.05) is 0 Å². The summed E-state index contributed by atoms with van der Waals surface area (Å²) in [4.78, 5) is 10.8. The van der Waals surface area contributed by atoms with Gasteiger partial charge in [-0.15, -0.1) is 5.10 Å². The molecule has 0 amide bonds. The Morgan fingerprint density at radius 3 is 3.00 bits per heavy atom. The first-order chi connectivity index (χ1) is 6.20. The van der Waals surface area contributed by atoms with Crippen LogP contribution in [0.25, 0.3) is 11.0 Å². The number of rotatable bonds is 1. The van der Waals surface area contributed by atoms with Gasteiger partial charge in [-0.25, -0.2) is 9.48 Å². The van der Waals surface area contributed by atoms with Gasteiger partial charge in [0.05, 0.1) is 5.56 Å². The molecule has 5 nitrogen and oxygen atoms in total. The van der Waals surface area contributed by atoms with Gasteiger partial charge in [-0.1, -0.05) is 11.3 Å². The van der Waals surface area contributed by atoms with Crippen LogP contribution in [0.1, 0.15) is 10.4 Å². The third-order valence-electron chi connectivity index (χ3n) is 1.86. The molecule has 1 heterocycles. The second-order valence-electron chi connectivity index (χ2n) is 2.69. The highest BCUT2D eigenvalue weighted by atomic mass is 16.4. The molecule has 2 rings (SSSR count). The van der Waals surface area contributed by atoms with Crippen LogP contribution in [0.4, 0.5) is 0 Å². The standard InChI is InChI=1S/C8H7N3O2/c1-11-7-5(8(12)13)3-2-4-6(7)9-10-11/h2-4H,1H3,(H,12,13). The summed E-state index contributed by atoms with van der Waals surface area (Å²) in [7, 11) is 1.67. The zero-order valence-electron chi connectivity index (χ0n) is 6.93. The van der Waals surface area contributed by atoms with Crippen molar-refractivity contribution in [1.82, 2.24) is 15.0 Å². The van der Waals surface area contributed by atoms with E-state index in [-0.39, 0.29) is 5.56 Å². The van der Waals surface area contributed by atoms with Crippen LogP contribution in [0, 0.1) is 0 Å². The highest BCUT2D eigenvalue weighted by molar-refractivity contribution is 6.00. The predicted octanol–water partition coefficient (Wildman–Crippen LogP) is 0.666. The number of benzene rings is 1. The molecule has 0 aliphatic carbocycles. The molecular weight excluding hydrogens is 170 g/mol. The molecule has 2 aromatic rings. The number of para-hydroxylation sites is 1. The van der Waals surface area contributed by atoms with Crippen molar-refractivity contribution in [2.24, 2.45) is 7.05 Å². The number of aromatic nitrogens is 3. The maximum absolute atomic E-state index is 10.8. The van der Waals surface area contributed by atoms with Crippen LogP contribution in [0.2, 0.25) is 0 Å². The van der Waals surface area contributed by atoms with E-state index in [9.17, 15) is 4.79 Å². The Labute approximate surface area is 73.6 Å². The summed E-state index contributed by atoms with van der Waals surface area (Å²) < 4.78 is 1.46. The average molecular weight is 177 g/mol. The van der Waals surface area contributed by atoms with Crippen molar-refractivity contribution in [3.8, 4) is 0 Å². The lowest BCUT2D eigenvalue weighted by atomic mass is 10.2. The number of carbonyl (C=O) groups is 1. The van der Waals surface area contributed by atoms with Crippen molar-refractivity contribution >= 4 is 17.0 Å². The summed E-state index contributed by atoms with van der Waals surface area (Å²) in [6.45, 7) is 0. The zero-order chi connectivity index (χ0) is 9.42. The molecule has 0 spiro atoms. The lowest BCUT2D eigenvalue weighted by Gasteiger charge is -1.96. The highest BCUT2D eigenvalue weighted by Crippen LogP contribution is 2.14. The third-order valence-corrected chi connectivity index (χ3v) is 1.86. The minimum atomic E-state index is -0.962. The number of carboxylic acids is 1. The number of carboxylic acid groups (broad SMARTS) is 1. The maximum Gasteiger partial charge on any atom is 0.337 e. The lowest BCUT2D eigenvalue weighted by Crippen LogP contribution is -2.00. The SMILES string of the molecule is Cn1nnc2cccc(C(=O)O)c21. The van der Waals surface area contributed by atoms with Gasteiger partial charge >= 0.3 is 5.97 Å². The molecule has 0 fully saturated rings. The van der Waals surface area contributed by atoms with Gasteiger partial charge in [-0.2, -0.15) is 0 Å². The van der Waals surface area contributed by atoms with Crippen LogP contribution in [-0.4, -0.2) is 26.1 Å². The van der Waals surface area contributed by atoms with Crippen molar-refractivity contribution in [2.45, 2.75) is 0 Å². The van der Waals surface area contributed by atoms with Crippen molar-refractivity contribution in [3.05, 3.63) is 23.8 Å². The van der Waals surface area contributed by atoms with Crippen LogP contribution in [0.15, 0.2) is 18.2 Å². The molecule has 0 saturated carbocycles. The third kappa shape index (κ3) is 1.05. The Kier molecular flexibility index (Phi) is 1.51. The number of hydrogen-bond donors (Lipinski definition) is 1. The van der Waals surface area contributed by atoms with Gasteiger partial charge in [0.15, 0.2) is 0 Å². The van der Waals surface area contributed by atoms with E-state index in [1.807, 2.05) is 0 Å². The molecular formula is C8H7N3O2. The molecule has 13 heavy (non-hydrogen) atoms. The van der Waals surface area contributed by atoms with E-state index < -0.39 is 5.97 Å². The molecule has 1 N–H and O–H groups in total. The monoisotopic (exact) mass is 177 g/mol.